The molecule has 0 unspecified atom stereocenters. The summed E-state index contributed by atoms with van der Waals surface area (Å²) in [5.41, 5.74) is 0.385. The maximum absolute atomic E-state index is 13.4. The summed E-state index contributed by atoms with van der Waals surface area (Å²) in [6.45, 7) is 4.37. The van der Waals surface area contributed by atoms with Crippen molar-refractivity contribution in [2.75, 3.05) is 25.5 Å². The first kappa shape index (κ1) is 18.3. The zero-order valence-corrected chi connectivity index (χ0v) is 16.5. The molecule has 3 aliphatic rings. The van der Waals surface area contributed by atoms with Crippen LogP contribution in [-0.4, -0.2) is 66.5 Å². The van der Waals surface area contributed by atoms with Gasteiger partial charge in [-0.3, -0.25) is 19.4 Å². The summed E-state index contributed by atoms with van der Waals surface area (Å²) in [6, 6.07) is 4.37. The Morgan fingerprint density at radius 2 is 1.74 bits per heavy atom. The Bertz CT molecular complexity index is 833. The summed E-state index contributed by atoms with van der Waals surface area (Å²) < 4.78 is 6.02. The Kier molecular flexibility index (Phi) is 4.01. The van der Waals surface area contributed by atoms with Crippen molar-refractivity contribution in [2.24, 2.45) is 5.41 Å². The van der Waals surface area contributed by atoms with Gasteiger partial charge in [0.05, 0.1) is 18.2 Å². The maximum Gasteiger partial charge on any atom is 0.332 e. The molecule has 2 fully saturated rings. The fraction of sp³-hybridized carbons (Fsp3) is 0.526. The van der Waals surface area contributed by atoms with Crippen LogP contribution < -0.4 is 4.90 Å². The van der Waals surface area contributed by atoms with Crippen molar-refractivity contribution in [1.29, 1.82) is 0 Å². The van der Waals surface area contributed by atoms with Crippen molar-refractivity contribution >= 4 is 35.1 Å². The lowest BCUT2D eigenvalue weighted by molar-refractivity contribution is -0.166. The lowest BCUT2D eigenvalue weighted by atomic mass is 9.66. The number of anilines is 1. The fourth-order valence-corrected chi connectivity index (χ4v) is 5.06. The molecule has 0 saturated carbocycles. The zero-order valence-electron chi connectivity index (χ0n) is 15.7. The number of hydrogen-bond acceptors (Lipinski definition) is 5. The number of halogens is 1. The van der Waals surface area contributed by atoms with E-state index in [1.807, 2.05) is 26.0 Å². The summed E-state index contributed by atoms with van der Waals surface area (Å²) in [4.78, 5) is 43.2. The highest BCUT2D eigenvalue weighted by Crippen LogP contribution is 2.49. The van der Waals surface area contributed by atoms with Gasteiger partial charge in [-0.05, 0) is 38.0 Å². The maximum atomic E-state index is 13.4. The van der Waals surface area contributed by atoms with Crippen LogP contribution in [0.1, 0.15) is 19.4 Å². The Balaban J connectivity index is 1.95. The third-order valence-corrected chi connectivity index (χ3v) is 6.19. The lowest BCUT2D eigenvalue weighted by Gasteiger charge is -2.57. The minimum Gasteiger partial charge on any atom is -0.372 e. The van der Waals surface area contributed by atoms with Gasteiger partial charge in [-0.15, -0.1) is 0 Å². The molecule has 8 heteroatoms. The SMILES string of the molecule is C[C@@H]1CN2c3cc(Cl)ccc3CC3(C(=O)N(C)C(=O)N(C)C3=O)[C@H]2[C@H](C)O1. The second-order valence-corrected chi connectivity index (χ2v) is 8.12. The van der Waals surface area contributed by atoms with Gasteiger partial charge in [0.2, 0.25) is 11.8 Å². The Morgan fingerprint density at radius 1 is 1.11 bits per heavy atom. The molecular weight excluding hydrogens is 370 g/mol. The van der Waals surface area contributed by atoms with Crippen molar-refractivity contribution in [3.8, 4) is 0 Å². The van der Waals surface area contributed by atoms with E-state index in [1.54, 1.807) is 6.07 Å². The predicted octanol–water partition coefficient (Wildman–Crippen LogP) is 1.92. The number of nitrogens with zero attached hydrogens (tertiary/aromatic N) is 3. The fourth-order valence-electron chi connectivity index (χ4n) is 4.89. The van der Waals surface area contributed by atoms with Crippen molar-refractivity contribution in [3.05, 3.63) is 28.8 Å². The van der Waals surface area contributed by atoms with Crippen LogP contribution in [0.15, 0.2) is 18.2 Å². The van der Waals surface area contributed by atoms with Crippen LogP contribution in [0.3, 0.4) is 0 Å². The van der Waals surface area contributed by atoms with Gasteiger partial charge >= 0.3 is 6.03 Å². The van der Waals surface area contributed by atoms with Crippen LogP contribution in [0, 0.1) is 5.41 Å². The number of amides is 4. The van der Waals surface area contributed by atoms with Crippen molar-refractivity contribution in [1.82, 2.24) is 9.80 Å². The quantitative estimate of drug-likeness (QED) is 0.632. The topological polar surface area (TPSA) is 70.2 Å². The van der Waals surface area contributed by atoms with E-state index < -0.39 is 29.3 Å². The molecule has 0 radical (unpaired) electrons. The third-order valence-electron chi connectivity index (χ3n) is 5.96. The summed E-state index contributed by atoms with van der Waals surface area (Å²) >= 11 is 6.23. The molecule has 0 bridgehead atoms. The highest BCUT2D eigenvalue weighted by atomic mass is 35.5. The van der Waals surface area contributed by atoms with Gasteiger partial charge in [-0.25, -0.2) is 4.79 Å². The van der Waals surface area contributed by atoms with Crippen LogP contribution >= 0.6 is 11.6 Å². The molecule has 27 heavy (non-hydrogen) atoms. The van der Waals surface area contributed by atoms with E-state index in [2.05, 4.69) is 4.90 Å². The smallest absolute Gasteiger partial charge is 0.332 e. The van der Waals surface area contributed by atoms with Gasteiger partial charge in [0.1, 0.15) is 0 Å². The van der Waals surface area contributed by atoms with Gasteiger partial charge in [-0.2, -0.15) is 0 Å². The van der Waals surface area contributed by atoms with E-state index in [-0.39, 0.29) is 18.6 Å². The number of barbiturate groups is 1. The minimum absolute atomic E-state index is 0.0656. The van der Waals surface area contributed by atoms with Crippen LogP contribution in [0.5, 0.6) is 0 Å². The van der Waals surface area contributed by atoms with Gasteiger partial charge in [-0.1, -0.05) is 17.7 Å². The molecule has 0 aromatic heterocycles. The number of ether oxygens (including phenoxy) is 1. The number of carbonyl (C=O) groups is 3. The number of carbonyl (C=O) groups excluding carboxylic acids is 3. The zero-order chi connectivity index (χ0) is 19.7. The minimum atomic E-state index is -1.40. The number of imide groups is 2. The van der Waals surface area contributed by atoms with Gasteiger partial charge < -0.3 is 9.64 Å². The second kappa shape index (κ2) is 5.94. The summed E-state index contributed by atoms with van der Waals surface area (Å²) in [7, 11) is 2.85. The van der Waals surface area contributed by atoms with Crippen LogP contribution in [0.25, 0.3) is 0 Å². The van der Waals surface area contributed by atoms with Crippen LogP contribution in [-0.2, 0) is 20.7 Å². The summed E-state index contributed by atoms with van der Waals surface area (Å²) in [5.74, 6) is -0.951. The number of rotatable bonds is 0. The normalized spacial score (nSPS) is 29.9. The molecule has 7 nitrogen and oxygen atoms in total. The third kappa shape index (κ3) is 2.34. The average molecular weight is 392 g/mol. The molecule has 1 aromatic rings. The monoisotopic (exact) mass is 391 g/mol. The van der Waals surface area contributed by atoms with E-state index in [4.69, 9.17) is 16.3 Å². The number of fused-ring (bicyclic) bond motifs is 4. The molecule has 3 aliphatic heterocycles. The molecule has 2 saturated heterocycles. The molecule has 0 aliphatic carbocycles. The Labute approximate surface area is 162 Å². The molecule has 1 aromatic carbocycles. The van der Waals surface area contributed by atoms with E-state index in [9.17, 15) is 14.4 Å². The van der Waals surface area contributed by atoms with Crippen molar-refractivity contribution < 1.29 is 19.1 Å². The van der Waals surface area contributed by atoms with Gasteiger partial charge in [0.15, 0.2) is 5.41 Å². The molecule has 3 atom stereocenters. The molecule has 4 rings (SSSR count). The number of hydrogen-bond donors (Lipinski definition) is 0. The van der Waals surface area contributed by atoms with Gasteiger partial charge in [0, 0.05) is 31.4 Å². The van der Waals surface area contributed by atoms with E-state index in [1.165, 1.54) is 14.1 Å². The number of benzene rings is 1. The van der Waals surface area contributed by atoms with Crippen molar-refractivity contribution in [2.45, 2.75) is 38.5 Å². The molecule has 0 N–H and O–H groups in total. The first-order valence-electron chi connectivity index (χ1n) is 8.99. The summed E-state index contributed by atoms with van der Waals surface area (Å²) in [6.07, 6.45) is -0.226. The van der Waals surface area contributed by atoms with E-state index in [0.29, 0.717) is 11.6 Å². The molecular formula is C19H22ClN3O4. The molecule has 144 valence electrons. The first-order chi connectivity index (χ1) is 12.7. The molecule has 3 heterocycles. The molecule has 4 amide bonds. The Morgan fingerprint density at radius 3 is 2.37 bits per heavy atom. The van der Waals surface area contributed by atoms with Gasteiger partial charge in [0.25, 0.3) is 0 Å². The number of morpholine rings is 1. The van der Waals surface area contributed by atoms with E-state index >= 15 is 0 Å². The Hall–Kier alpha value is -2.12. The highest BCUT2D eigenvalue weighted by molar-refractivity contribution is 6.31. The second-order valence-electron chi connectivity index (χ2n) is 7.68. The first-order valence-corrected chi connectivity index (χ1v) is 9.37. The summed E-state index contributed by atoms with van der Waals surface area (Å²) in [5, 5.41) is 0.598. The molecule has 1 spiro atoms. The predicted molar refractivity (Wildman–Crippen MR) is 99.7 cm³/mol. The largest absolute Gasteiger partial charge is 0.372 e. The number of urea groups is 1. The van der Waals surface area contributed by atoms with Crippen LogP contribution in [0.2, 0.25) is 5.02 Å². The van der Waals surface area contributed by atoms with Crippen molar-refractivity contribution in [3.63, 3.8) is 0 Å². The van der Waals surface area contributed by atoms with Crippen LogP contribution in [0.4, 0.5) is 10.5 Å². The van der Waals surface area contributed by atoms with E-state index in [0.717, 1.165) is 21.1 Å². The standard InChI is InChI=1S/C19H22ClN3O4/c1-10-9-23-14-7-13(20)6-5-12(14)8-19(15(23)11(2)27-10)16(24)21(3)18(26)22(4)17(19)25/h5-7,10-11,15H,8-9H2,1-4H3/t10-,11+,15-/m1/s1. The average Bonchev–Trinajstić information content (AvgIpc) is 2.63. The lowest BCUT2D eigenvalue weighted by Crippen LogP contribution is -2.75. The highest BCUT2D eigenvalue weighted by Gasteiger charge is 2.65.